The molecule has 0 saturated heterocycles. The van der Waals surface area contributed by atoms with Gasteiger partial charge < -0.3 is 10.2 Å². The molecule has 0 atom stereocenters. The van der Waals surface area contributed by atoms with Gasteiger partial charge in [-0.15, -0.1) is 4.91 Å². The van der Waals surface area contributed by atoms with Crippen molar-refractivity contribution in [3.05, 3.63) is 101 Å². The first-order valence-electron chi connectivity index (χ1n) is 12.8. The zero-order valence-electron chi connectivity index (χ0n) is 22.5. The Morgan fingerprint density at radius 2 is 1.86 bits per heavy atom. The molecule has 1 aromatic carbocycles. The highest BCUT2D eigenvalue weighted by molar-refractivity contribution is 5.95. The highest BCUT2D eigenvalue weighted by Gasteiger charge is 2.34. The summed E-state index contributed by atoms with van der Waals surface area (Å²) in [7, 11) is 1.77. The number of carbonyl (C=O) groups is 2. The van der Waals surface area contributed by atoms with E-state index in [2.05, 4.69) is 34.2 Å². The molecule has 0 heterocycles. The van der Waals surface area contributed by atoms with Crippen molar-refractivity contribution < 1.29 is 9.59 Å². The summed E-state index contributed by atoms with van der Waals surface area (Å²) in [6, 6.07) is 10.1. The molecular formula is C30H40N4O3. The molecule has 0 bridgehead atoms. The normalized spacial score (nSPS) is 15.9. The Labute approximate surface area is 221 Å². The summed E-state index contributed by atoms with van der Waals surface area (Å²) >= 11 is 0. The van der Waals surface area contributed by atoms with Crippen molar-refractivity contribution >= 4 is 18.0 Å². The Balaban J connectivity index is 0.00000334. The van der Waals surface area contributed by atoms with Crippen LogP contribution in [0.4, 0.5) is 0 Å². The lowest BCUT2D eigenvalue weighted by molar-refractivity contribution is -0.121. The van der Waals surface area contributed by atoms with E-state index >= 15 is 0 Å². The van der Waals surface area contributed by atoms with E-state index in [0.29, 0.717) is 44.3 Å². The standard InChI is InChI=1S/C28H34N4O3.C2H6/c1-4-24(31-35)14-10-7-11-15-26(32(3)22-29-5-2)27(34)30-21-20-28(18-16-25(33)17-19-28)23-12-8-6-9-13-23;1-2/h4,6-10,12-15,20-22H,1,5,11,16-19H2,2-3H3,(H,30,34);1-2H3/b10-7-,21-20+,24-14+,26-15-,29-22?;. The van der Waals surface area contributed by atoms with Gasteiger partial charge in [-0.25, -0.2) is 0 Å². The van der Waals surface area contributed by atoms with E-state index in [1.807, 2.05) is 51.1 Å². The average molecular weight is 505 g/mol. The van der Waals surface area contributed by atoms with Crippen LogP contribution in [0.3, 0.4) is 0 Å². The van der Waals surface area contributed by atoms with Crippen LogP contribution in [0.5, 0.6) is 0 Å². The fraction of sp³-hybridized carbons (Fsp3) is 0.367. The van der Waals surface area contributed by atoms with Gasteiger partial charge in [0.25, 0.3) is 5.91 Å². The molecule has 1 N–H and O–H groups in total. The Bertz CT molecular complexity index is 1020. The maximum absolute atomic E-state index is 13.1. The SMILES string of the molecule is C=C/C(=C\C=C/C/C=C(/C(=O)N/C=C/C1(c2ccccc2)CCC(=O)CC1)N(C)C=NCC)N=O.CC. The number of carbonyl (C=O) groups excluding carboxylic acids is 2. The van der Waals surface area contributed by atoms with Crippen molar-refractivity contribution in [1.29, 1.82) is 0 Å². The number of benzene rings is 1. The molecule has 1 aromatic rings. The number of nitroso groups, excluding NO2 is 1. The van der Waals surface area contributed by atoms with Crippen LogP contribution in [-0.4, -0.2) is 36.5 Å². The molecule has 0 aliphatic heterocycles. The highest BCUT2D eigenvalue weighted by Crippen LogP contribution is 2.39. The minimum absolute atomic E-state index is 0.234. The quantitative estimate of drug-likeness (QED) is 0.118. The molecule has 0 aromatic heterocycles. The van der Waals surface area contributed by atoms with E-state index in [1.54, 1.807) is 42.7 Å². The summed E-state index contributed by atoms with van der Waals surface area (Å²) in [5.74, 6) is 0.00904. The molecule has 1 aliphatic rings. The molecule has 2 rings (SSSR count). The molecule has 1 fully saturated rings. The molecule has 7 heteroatoms. The molecule has 198 valence electrons. The summed E-state index contributed by atoms with van der Waals surface area (Å²) in [6.07, 6.45) is 16.5. The highest BCUT2D eigenvalue weighted by atomic mass is 16.3. The minimum atomic E-state index is -0.285. The summed E-state index contributed by atoms with van der Waals surface area (Å²) in [5.41, 5.74) is 1.53. The van der Waals surface area contributed by atoms with Crippen molar-refractivity contribution in [3.63, 3.8) is 0 Å². The topological polar surface area (TPSA) is 91.2 Å². The predicted octanol–water partition coefficient (Wildman–Crippen LogP) is 6.37. The summed E-state index contributed by atoms with van der Waals surface area (Å²) < 4.78 is 0. The second-order valence-electron chi connectivity index (χ2n) is 8.23. The second kappa shape index (κ2) is 17.5. The van der Waals surface area contributed by atoms with Gasteiger partial charge in [-0.2, -0.15) is 0 Å². The lowest BCUT2D eigenvalue weighted by Crippen LogP contribution is -2.32. The number of amides is 1. The van der Waals surface area contributed by atoms with Crippen molar-refractivity contribution in [2.24, 2.45) is 10.2 Å². The second-order valence-corrected chi connectivity index (χ2v) is 8.23. The third kappa shape index (κ3) is 10.3. The maximum atomic E-state index is 13.1. The molecule has 0 radical (unpaired) electrons. The Morgan fingerprint density at radius 1 is 1.19 bits per heavy atom. The van der Waals surface area contributed by atoms with Crippen LogP contribution in [0.2, 0.25) is 0 Å². The van der Waals surface area contributed by atoms with Gasteiger partial charge in [-0.1, -0.05) is 75.1 Å². The van der Waals surface area contributed by atoms with E-state index in [1.165, 1.54) is 6.08 Å². The van der Waals surface area contributed by atoms with Gasteiger partial charge in [0.1, 0.15) is 17.2 Å². The Kier molecular flexibility index (Phi) is 14.8. The zero-order valence-corrected chi connectivity index (χ0v) is 22.5. The number of nitrogens with zero attached hydrogens (tertiary/aromatic N) is 3. The number of nitrogens with one attached hydrogen (secondary N) is 1. The van der Waals surface area contributed by atoms with Crippen LogP contribution in [0.25, 0.3) is 0 Å². The van der Waals surface area contributed by atoms with Gasteiger partial charge in [0, 0.05) is 38.0 Å². The molecular weight excluding hydrogens is 464 g/mol. The average Bonchev–Trinajstić information content (AvgIpc) is 2.94. The lowest BCUT2D eigenvalue weighted by Gasteiger charge is -2.34. The van der Waals surface area contributed by atoms with Crippen LogP contribution in [0.1, 0.15) is 58.4 Å². The van der Waals surface area contributed by atoms with Crippen LogP contribution in [-0.2, 0) is 15.0 Å². The number of allylic oxidation sites excluding steroid dienone is 6. The molecule has 1 aliphatic carbocycles. The largest absolute Gasteiger partial charge is 0.332 e. The number of likely N-dealkylation sites (N-methyl/N-ethyl adjacent to an activating group) is 1. The van der Waals surface area contributed by atoms with Crippen molar-refractivity contribution in [1.82, 2.24) is 10.2 Å². The van der Waals surface area contributed by atoms with Gasteiger partial charge in [0.2, 0.25) is 0 Å². The first-order valence-corrected chi connectivity index (χ1v) is 12.8. The third-order valence-electron chi connectivity index (χ3n) is 5.88. The maximum Gasteiger partial charge on any atom is 0.271 e. The number of ketones is 1. The van der Waals surface area contributed by atoms with E-state index in [9.17, 15) is 14.5 Å². The number of Topliss-reactive ketones (excluding diaryl/α,β-unsaturated/α-hetero) is 1. The van der Waals surface area contributed by atoms with Gasteiger partial charge in [0.15, 0.2) is 0 Å². The van der Waals surface area contributed by atoms with Crippen molar-refractivity contribution in [2.45, 2.75) is 58.3 Å². The van der Waals surface area contributed by atoms with Crippen LogP contribution in [0.15, 0.2) is 101 Å². The van der Waals surface area contributed by atoms with Gasteiger partial charge in [-0.05, 0) is 49.1 Å². The summed E-state index contributed by atoms with van der Waals surface area (Å²) in [4.78, 5) is 41.4. The summed E-state index contributed by atoms with van der Waals surface area (Å²) in [5, 5.41) is 5.73. The molecule has 1 saturated carbocycles. The van der Waals surface area contributed by atoms with E-state index in [-0.39, 0.29) is 22.8 Å². The van der Waals surface area contributed by atoms with E-state index < -0.39 is 0 Å². The molecule has 37 heavy (non-hydrogen) atoms. The lowest BCUT2D eigenvalue weighted by atomic mass is 9.69. The fourth-order valence-electron chi connectivity index (χ4n) is 3.87. The Morgan fingerprint density at radius 3 is 2.46 bits per heavy atom. The van der Waals surface area contributed by atoms with Crippen molar-refractivity contribution in [3.8, 4) is 0 Å². The zero-order chi connectivity index (χ0) is 27.5. The van der Waals surface area contributed by atoms with Gasteiger partial charge in [-0.3, -0.25) is 14.6 Å². The summed E-state index contributed by atoms with van der Waals surface area (Å²) in [6.45, 7) is 10.0. The van der Waals surface area contributed by atoms with Gasteiger partial charge >= 0.3 is 0 Å². The van der Waals surface area contributed by atoms with E-state index in [0.717, 1.165) is 5.56 Å². The van der Waals surface area contributed by atoms with Crippen LogP contribution >= 0.6 is 0 Å². The third-order valence-corrected chi connectivity index (χ3v) is 5.88. The number of hydrogen-bond acceptors (Lipinski definition) is 5. The van der Waals surface area contributed by atoms with E-state index in [4.69, 9.17) is 0 Å². The van der Waals surface area contributed by atoms with Crippen LogP contribution in [0, 0.1) is 4.91 Å². The number of aliphatic imine (C=N–C) groups is 1. The fourth-order valence-corrected chi connectivity index (χ4v) is 3.87. The Hall–Kier alpha value is -3.87. The first-order chi connectivity index (χ1) is 18.0. The number of hydrogen-bond donors (Lipinski definition) is 1. The van der Waals surface area contributed by atoms with Gasteiger partial charge in [0.05, 0.1) is 6.34 Å². The predicted molar refractivity (Wildman–Crippen MR) is 153 cm³/mol. The smallest absolute Gasteiger partial charge is 0.271 e. The minimum Gasteiger partial charge on any atom is -0.332 e. The monoisotopic (exact) mass is 504 g/mol. The molecule has 0 spiro atoms. The molecule has 0 unspecified atom stereocenters. The molecule has 1 amide bonds. The van der Waals surface area contributed by atoms with Crippen LogP contribution < -0.4 is 5.32 Å². The number of rotatable bonds is 12. The first kappa shape index (κ1) is 31.2. The van der Waals surface area contributed by atoms with Crippen molar-refractivity contribution in [2.75, 3.05) is 13.6 Å². The molecule has 7 nitrogen and oxygen atoms in total.